The summed E-state index contributed by atoms with van der Waals surface area (Å²) in [7, 11) is -4.09. The normalized spacial score (nSPS) is 16.3. The molecular weight excluding hydrogens is 164 g/mol. The third-order valence-corrected chi connectivity index (χ3v) is 2.18. The molecule has 5 heteroatoms. The van der Waals surface area contributed by atoms with E-state index in [1.165, 1.54) is 12.2 Å². The Morgan fingerprint density at radius 1 is 1.67 bits per heavy atom. The monoisotopic (exact) mass is 170 g/mol. The van der Waals surface area contributed by atoms with Gasteiger partial charge in [0.2, 0.25) is 0 Å². The van der Waals surface area contributed by atoms with Crippen molar-refractivity contribution in [2.45, 2.75) is 11.6 Å². The van der Waals surface area contributed by atoms with Gasteiger partial charge >= 0.3 is 0 Å². The Hall–Kier alpha value is -0.0600. The average molecular weight is 171 g/mol. The van der Waals surface area contributed by atoms with Crippen molar-refractivity contribution in [3.05, 3.63) is 12.2 Å². The van der Waals surface area contributed by atoms with Gasteiger partial charge in [0.05, 0.1) is 0 Å². The van der Waals surface area contributed by atoms with Gasteiger partial charge in [0, 0.05) is 0 Å². The number of alkyl halides is 1. The molecule has 0 aliphatic heterocycles. The lowest BCUT2D eigenvalue weighted by Gasteiger charge is -1.95. The Kier molecular flexibility index (Phi) is 3.17. The quantitative estimate of drug-likeness (QED) is 0.383. The molecule has 1 atom stereocenters. The van der Waals surface area contributed by atoms with E-state index >= 15 is 0 Å². The number of halogens is 1. The van der Waals surface area contributed by atoms with Gasteiger partial charge in [-0.1, -0.05) is 23.8 Å². The van der Waals surface area contributed by atoms with Crippen LogP contribution < -0.4 is 0 Å². The predicted octanol–water partition coefficient (Wildman–Crippen LogP) is 1.02. The fraction of sp³-hybridized carbons (Fsp3) is 0.500. The Labute approximate surface area is 59.1 Å². The average Bonchev–Trinajstić information content (AvgIpc) is 1.64. The lowest BCUT2D eigenvalue weighted by atomic mass is 10.6. The first-order valence-electron chi connectivity index (χ1n) is 2.21. The van der Waals surface area contributed by atoms with E-state index in [0.717, 1.165) is 0 Å². The zero-order valence-electron chi connectivity index (χ0n) is 4.78. The van der Waals surface area contributed by atoms with Crippen LogP contribution in [0.25, 0.3) is 0 Å². The molecule has 0 aromatic carbocycles. The maximum atomic E-state index is 10.1. The van der Waals surface area contributed by atoms with Gasteiger partial charge < -0.3 is 0 Å². The summed E-state index contributed by atoms with van der Waals surface area (Å²) in [4.78, 5) is 0. The molecule has 0 radical (unpaired) electrons. The lowest BCUT2D eigenvalue weighted by Crippen LogP contribution is -2.10. The molecule has 0 heterocycles. The number of allylic oxidation sites excluding steroid dienone is 1. The fourth-order valence-corrected chi connectivity index (χ4v) is 0.752. The van der Waals surface area contributed by atoms with Crippen LogP contribution in [0.2, 0.25) is 0 Å². The van der Waals surface area contributed by atoms with E-state index in [2.05, 4.69) is 0 Å². The van der Waals surface area contributed by atoms with Crippen LogP contribution in [0.4, 0.5) is 0 Å². The SMILES string of the molecule is C/C=C/C(Cl)S(=O)(=O)O. The van der Waals surface area contributed by atoms with Crippen molar-refractivity contribution in [1.82, 2.24) is 0 Å². The van der Waals surface area contributed by atoms with Gasteiger partial charge in [-0.05, 0) is 6.92 Å². The van der Waals surface area contributed by atoms with Crippen LogP contribution in [0.1, 0.15) is 6.92 Å². The van der Waals surface area contributed by atoms with E-state index in [0.29, 0.717) is 0 Å². The molecule has 54 valence electrons. The molecular formula is C4H7ClO3S. The summed E-state index contributed by atoms with van der Waals surface area (Å²) in [6, 6.07) is 0. The second kappa shape index (κ2) is 3.20. The molecule has 3 nitrogen and oxygen atoms in total. The predicted molar refractivity (Wildman–Crippen MR) is 36.0 cm³/mol. The van der Waals surface area contributed by atoms with Crippen molar-refractivity contribution in [2.75, 3.05) is 0 Å². The molecule has 0 spiro atoms. The maximum absolute atomic E-state index is 10.1. The topological polar surface area (TPSA) is 54.4 Å². The highest BCUT2D eigenvalue weighted by molar-refractivity contribution is 7.88. The van der Waals surface area contributed by atoms with Crippen molar-refractivity contribution in [1.29, 1.82) is 0 Å². The number of hydrogen-bond acceptors (Lipinski definition) is 2. The Balaban J connectivity index is 4.24. The van der Waals surface area contributed by atoms with E-state index < -0.39 is 14.8 Å². The van der Waals surface area contributed by atoms with Gasteiger partial charge in [0.1, 0.15) is 0 Å². The third-order valence-electron chi connectivity index (χ3n) is 0.628. The first kappa shape index (κ1) is 8.94. The Morgan fingerprint density at radius 2 is 2.11 bits per heavy atom. The van der Waals surface area contributed by atoms with E-state index in [1.807, 2.05) is 0 Å². The van der Waals surface area contributed by atoms with Crippen LogP contribution in [0.5, 0.6) is 0 Å². The molecule has 0 aromatic heterocycles. The molecule has 0 saturated heterocycles. The molecule has 0 aliphatic rings. The van der Waals surface area contributed by atoms with Gasteiger partial charge in [-0.15, -0.1) is 0 Å². The summed E-state index contributed by atoms with van der Waals surface area (Å²) in [5.74, 6) is 0. The van der Waals surface area contributed by atoms with E-state index in [4.69, 9.17) is 16.2 Å². The summed E-state index contributed by atoms with van der Waals surface area (Å²) >= 11 is 5.13. The molecule has 0 rings (SSSR count). The van der Waals surface area contributed by atoms with E-state index in [-0.39, 0.29) is 0 Å². The van der Waals surface area contributed by atoms with Crippen molar-refractivity contribution in [3.63, 3.8) is 0 Å². The second-order valence-electron chi connectivity index (χ2n) is 1.39. The third kappa shape index (κ3) is 3.51. The van der Waals surface area contributed by atoms with E-state index in [1.54, 1.807) is 6.92 Å². The summed E-state index contributed by atoms with van der Waals surface area (Å²) in [5, 5.41) is 0. The van der Waals surface area contributed by atoms with Gasteiger partial charge in [-0.2, -0.15) is 8.42 Å². The minimum absolute atomic E-state index is 1.18. The van der Waals surface area contributed by atoms with Gasteiger partial charge in [0.25, 0.3) is 10.1 Å². The van der Waals surface area contributed by atoms with Crippen LogP contribution in [0.15, 0.2) is 12.2 Å². The summed E-state index contributed by atoms with van der Waals surface area (Å²) in [5.41, 5.74) is 0. The zero-order valence-corrected chi connectivity index (χ0v) is 6.35. The molecule has 1 unspecified atom stereocenters. The fourth-order valence-electron chi connectivity index (χ4n) is 0.251. The van der Waals surface area contributed by atoms with Crippen molar-refractivity contribution in [2.24, 2.45) is 0 Å². The van der Waals surface area contributed by atoms with Gasteiger partial charge in [-0.3, -0.25) is 4.55 Å². The van der Waals surface area contributed by atoms with Crippen LogP contribution in [-0.4, -0.2) is 17.7 Å². The minimum Gasteiger partial charge on any atom is -0.284 e. The maximum Gasteiger partial charge on any atom is 0.285 e. The van der Waals surface area contributed by atoms with E-state index in [9.17, 15) is 8.42 Å². The highest BCUT2D eigenvalue weighted by Crippen LogP contribution is 2.04. The number of hydrogen-bond donors (Lipinski definition) is 1. The summed E-state index contributed by atoms with van der Waals surface area (Å²) in [6.07, 6.45) is 2.63. The standard InChI is InChI=1S/C4H7ClO3S/c1-2-3-4(5)9(6,7)8/h2-4H,1H3,(H,6,7,8)/b3-2+. The molecule has 1 N–H and O–H groups in total. The second-order valence-corrected chi connectivity index (χ2v) is 3.66. The molecule has 0 aromatic rings. The van der Waals surface area contributed by atoms with Crippen LogP contribution in [0.3, 0.4) is 0 Å². The Morgan fingerprint density at radius 3 is 2.22 bits per heavy atom. The van der Waals surface area contributed by atoms with Crippen molar-refractivity contribution in [3.8, 4) is 0 Å². The largest absolute Gasteiger partial charge is 0.285 e. The van der Waals surface area contributed by atoms with Crippen LogP contribution >= 0.6 is 11.6 Å². The zero-order chi connectivity index (χ0) is 7.49. The minimum atomic E-state index is -4.09. The molecule has 0 fully saturated rings. The molecule has 0 bridgehead atoms. The van der Waals surface area contributed by atoms with Crippen molar-refractivity contribution >= 4 is 21.7 Å². The lowest BCUT2D eigenvalue weighted by molar-refractivity contribution is 0.483. The highest BCUT2D eigenvalue weighted by atomic mass is 35.5. The highest BCUT2D eigenvalue weighted by Gasteiger charge is 2.14. The van der Waals surface area contributed by atoms with Crippen LogP contribution in [0, 0.1) is 0 Å². The first-order valence-corrected chi connectivity index (χ1v) is 4.15. The Bertz CT molecular complexity index is 194. The van der Waals surface area contributed by atoms with Gasteiger partial charge in [-0.25, -0.2) is 0 Å². The first-order chi connectivity index (χ1) is 3.98. The molecule has 0 aliphatic carbocycles. The van der Waals surface area contributed by atoms with Crippen molar-refractivity contribution < 1.29 is 13.0 Å². The number of rotatable bonds is 2. The molecule has 9 heavy (non-hydrogen) atoms. The van der Waals surface area contributed by atoms with Gasteiger partial charge in [0.15, 0.2) is 4.71 Å². The summed E-state index contributed by atoms with van der Waals surface area (Å²) in [6.45, 7) is 1.61. The molecule has 0 saturated carbocycles. The molecule has 0 amide bonds. The smallest absolute Gasteiger partial charge is 0.284 e. The summed E-state index contributed by atoms with van der Waals surface area (Å²) < 4.78 is 27.1. The van der Waals surface area contributed by atoms with Crippen LogP contribution in [-0.2, 0) is 10.1 Å².